The van der Waals surface area contributed by atoms with E-state index >= 15 is 0 Å². The second kappa shape index (κ2) is 10.1. The normalized spacial score (nSPS) is 16.4. The number of ether oxygens (including phenoxy) is 1. The van der Waals surface area contributed by atoms with E-state index in [0.29, 0.717) is 13.0 Å². The Balaban J connectivity index is 1.67. The predicted molar refractivity (Wildman–Crippen MR) is 126 cm³/mol. The fourth-order valence-electron chi connectivity index (χ4n) is 3.69. The number of hydrogen-bond acceptors (Lipinski definition) is 4. The van der Waals surface area contributed by atoms with Crippen molar-refractivity contribution in [2.45, 2.75) is 71.8 Å². The van der Waals surface area contributed by atoms with Crippen molar-refractivity contribution < 1.29 is 19.1 Å². The van der Waals surface area contributed by atoms with E-state index < -0.39 is 23.8 Å². The van der Waals surface area contributed by atoms with E-state index in [0.717, 1.165) is 22.3 Å². The summed E-state index contributed by atoms with van der Waals surface area (Å²) in [5.74, 6) is -0.669. The van der Waals surface area contributed by atoms with Crippen LogP contribution >= 0.6 is 0 Å². The smallest absolute Gasteiger partial charge is 0.411 e. The van der Waals surface area contributed by atoms with Crippen LogP contribution in [0.4, 0.5) is 4.79 Å². The van der Waals surface area contributed by atoms with Gasteiger partial charge in [0, 0.05) is 13.0 Å². The van der Waals surface area contributed by atoms with Crippen molar-refractivity contribution in [2.24, 2.45) is 0 Å². The second-order valence-corrected chi connectivity index (χ2v) is 9.53. The highest BCUT2D eigenvalue weighted by atomic mass is 16.6. The summed E-state index contributed by atoms with van der Waals surface area (Å²) in [5, 5.41) is 5.62. The van der Waals surface area contributed by atoms with Gasteiger partial charge in [0.05, 0.1) is 6.54 Å². The third kappa shape index (κ3) is 6.57. The first-order valence-corrected chi connectivity index (χ1v) is 11.2. The number of nitrogens with one attached hydrogen (secondary N) is 2. The molecule has 0 aliphatic carbocycles. The number of benzene rings is 2. The molecular formula is C26H33N3O4. The zero-order chi connectivity index (χ0) is 24.2. The second-order valence-electron chi connectivity index (χ2n) is 9.53. The molecular weight excluding hydrogens is 418 g/mol. The first-order valence-electron chi connectivity index (χ1n) is 11.2. The van der Waals surface area contributed by atoms with Gasteiger partial charge in [0.2, 0.25) is 11.8 Å². The highest BCUT2D eigenvalue weighted by Crippen LogP contribution is 2.25. The Labute approximate surface area is 195 Å². The lowest BCUT2D eigenvalue weighted by atomic mass is 9.93. The first kappa shape index (κ1) is 24.3. The lowest BCUT2D eigenvalue weighted by Gasteiger charge is -2.37. The van der Waals surface area contributed by atoms with Crippen LogP contribution < -0.4 is 10.6 Å². The van der Waals surface area contributed by atoms with E-state index in [4.69, 9.17) is 4.74 Å². The minimum atomic E-state index is -0.762. The molecule has 2 atom stereocenters. The van der Waals surface area contributed by atoms with Crippen LogP contribution in [0.1, 0.15) is 49.9 Å². The molecule has 0 spiro atoms. The minimum absolute atomic E-state index is 0.275. The summed E-state index contributed by atoms with van der Waals surface area (Å²) in [7, 11) is 0. The molecule has 0 bridgehead atoms. The van der Waals surface area contributed by atoms with E-state index in [9.17, 15) is 14.4 Å². The summed E-state index contributed by atoms with van der Waals surface area (Å²) in [5.41, 5.74) is 3.44. The van der Waals surface area contributed by atoms with Gasteiger partial charge in [-0.15, -0.1) is 0 Å². The van der Waals surface area contributed by atoms with Gasteiger partial charge in [-0.25, -0.2) is 4.79 Å². The lowest BCUT2D eigenvalue weighted by Crippen LogP contribution is -2.56. The Morgan fingerprint density at radius 1 is 1.06 bits per heavy atom. The number of amides is 3. The lowest BCUT2D eigenvalue weighted by molar-refractivity contribution is -0.132. The average Bonchev–Trinajstić information content (AvgIpc) is 2.76. The predicted octanol–water partition coefficient (Wildman–Crippen LogP) is 3.48. The van der Waals surface area contributed by atoms with E-state index in [1.54, 1.807) is 27.7 Å². The molecule has 3 rings (SSSR count). The third-order valence-electron chi connectivity index (χ3n) is 5.52. The molecule has 176 valence electrons. The number of fused-ring (bicyclic) bond motifs is 1. The molecule has 2 N–H and O–H groups in total. The van der Waals surface area contributed by atoms with Crippen LogP contribution in [0.3, 0.4) is 0 Å². The van der Waals surface area contributed by atoms with Crippen molar-refractivity contribution in [1.29, 1.82) is 0 Å². The third-order valence-corrected chi connectivity index (χ3v) is 5.52. The van der Waals surface area contributed by atoms with E-state index in [-0.39, 0.29) is 18.4 Å². The van der Waals surface area contributed by atoms with Gasteiger partial charge < -0.3 is 15.4 Å². The van der Waals surface area contributed by atoms with E-state index in [2.05, 4.69) is 10.6 Å². The van der Waals surface area contributed by atoms with Crippen LogP contribution in [0.25, 0.3) is 0 Å². The van der Waals surface area contributed by atoms with Crippen LogP contribution in [0.15, 0.2) is 48.5 Å². The molecule has 0 aromatic heterocycles. The SMILES string of the molecule is Cc1ccc(CNC(=O)[C@@H](C)NC(=O)[C@H]2Cc3ccccc3CN2C(=O)OC(C)(C)C)cc1. The molecule has 7 heteroatoms. The standard InChI is InChI=1S/C26H33N3O4/c1-17-10-12-19(13-11-17)15-27-23(30)18(2)28-24(31)22-14-20-8-6-7-9-21(20)16-29(22)25(32)33-26(3,4)5/h6-13,18,22H,14-16H2,1-5H3,(H,27,30)(H,28,31)/t18-,22-/m1/s1. The molecule has 2 aromatic carbocycles. The zero-order valence-electron chi connectivity index (χ0n) is 20.0. The van der Waals surface area contributed by atoms with Gasteiger partial charge in [0.15, 0.2) is 0 Å². The van der Waals surface area contributed by atoms with Crippen LogP contribution in [0, 0.1) is 6.92 Å². The summed E-state index contributed by atoms with van der Waals surface area (Å²) in [4.78, 5) is 40.1. The highest BCUT2D eigenvalue weighted by molar-refractivity contribution is 5.91. The van der Waals surface area contributed by atoms with Crippen molar-refractivity contribution in [1.82, 2.24) is 15.5 Å². The fourth-order valence-corrected chi connectivity index (χ4v) is 3.69. The maximum absolute atomic E-state index is 13.2. The Morgan fingerprint density at radius 3 is 2.33 bits per heavy atom. The molecule has 7 nitrogen and oxygen atoms in total. The molecule has 1 heterocycles. The van der Waals surface area contributed by atoms with Gasteiger partial charge in [-0.2, -0.15) is 0 Å². The number of aryl methyl sites for hydroxylation is 1. The monoisotopic (exact) mass is 451 g/mol. The van der Waals surface area contributed by atoms with Gasteiger partial charge in [-0.1, -0.05) is 54.1 Å². The summed E-state index contributed by atoms with van der Waals surface area (Å²) in [6.45, 7) is 9.66. The largest absolute Gasteiger partial charge is 0.444 e. The van der Waals surface area contributed by atoms with E-state index in [1.807, 2.05) is 55.5 Å². The van der Waals surface area contributed by atoms with Crippen LogP contribution in [0.2, 0.25) is 0 Å². The van der Waals surface area contributed by atoms with Crippen LogP contribution in [0.5, 0.6) is 0 Å². The molecule has 0 fully saturated rings. The quantitative estimate of drug-likeness (QED) is 0.729. The molecule has 1 aliphatic heterocycles. The van der Waals surface area contributed by atoms with Gasteiger partial charge in [0.1, 0.15) is 17.7 Å². The zero-order valence-corrected chi connectivity index (χ0v) is 20.0. The van der Waals surface area contributed by atoms with Crippen LogP contribution in [-0.2, 0) is 33.8 Å². The van der Waals surface area contributed by atoms with Crippen molar-refractivity contribution in [3.05, 3.63) is 70.8 Å². The minimum Gasteiger partial charge on any atom is -0.444 e. The molecule has 0 radical (unpaired) electrons. The number of rotatable bonds is 5. The van der Waals surface area contributed by atoms with Crippen molar-refractivity contribution in [3.8, 4) is 0 Å². The molecule has 2 aromatic rings. The molecule has 0 unspecified atom stereocenters. The molecule has 0 saturated carbocycles. The summed E-state index contributed by atoms with van der Waals surface area (Å²) >= 11 is 0. The number of hydrogen-bond donors (Lipinski definition) is 2. The number of carbonyl (C=O) groups excluding carboxylic acids is 3. The van der Waals surface area contributed by atoms with Crippen molar-refractivity contribution in [3.63, 3.8) is 0 Å². The number of nitrogens with zero attached hydrogens (tertiary/aromatic N) is 1. The summed E-state index contributed by atoms with van der Waals surface area (Å²) in [6, 6.07) is 14.1. The van der Waals surface area contributed by atoms with E-state index in [1.165, 1.54) is 4.90 Å². The first-order chi connectivity index (χ1) is 15.5. The maximum atomic E-state index is 13.2. The Bertz CT molecular complexity index is 1010. The molecule has 33 heavy (non-hydrogen) atoms. The van der Waals surface area contributed by atoms with Crippen molar-refractivity contribution in [2.75, 3.05) is 0 Å². The summed E-state index contributed by atoms with van der Waals surface area (Å²) in [6.07, 6.45) is -0.187. The molecule has 1 aliphatic rings. The van der Waals surface area contributed by atoms with Gasteiger partial charge >= 0.3 is 6.09 Å². The maximum Gasteiger partial charge on any atom is 0.411 e. The van der Waals surface area contributed by atoms with Gasteiger partial charge in [-0.05, 0) is 51.3 Å². The topological polar surface area (TPSA) is 87.7 Å². The molecule has 3 amide bonds. The van der Waals surface area contributed by atoms with Crippen LogP contribution in [-0.4, -0.2) is 40.5 Å². The Kier molecular flexibility index (Phi) is 7.41. The van der Waals surface area contributed by atoms with Crippen molar-refractivity contribution >= 4 is 17.9 Å². The Morgan fingerprint density at radius 2 is 1.70 bits per heavy atom. The van der Waals surface area contributed by atoms with Gasteiger partial charge in [0.25, 0.3) is 0 Å². The average molecular weight is 452 g/mol. The summed E-state index contributed by atoms with van der Waals surface area (Å²) < 4.78 is 5.55. The molecule has 0 saturated heterocycles. The highest BCUT2D eigenvalue weighted by Gasteiger charge is 2.37. The fraction of sp³-hybridized carbons (Fsp3) is 0.423. The van der Waals surface area contributed by atoms with Gasteiger partial charge in [-0.3, -0.25) is 14.5 Å². The number of carbonyl (C=O) groups is 3. The Hall–Kier alpha value is -3.35.